The number of nitrogens with zero attached hydrogens (tertiary/aromatic N) is 3. The minimum absolute atomic E-state index is 0.00280. The SMILES string of the molecule is Cc1nc2c(c(=O)[nH]1)CCN(C(=O)[C@H]1[C@@H]3C=C[C@]4(CN(C(C)C)C(=O)[C@H]14)O3)C2. The zero-order valence-electron chi connectivity index (χ0n) is 16.3. The molecule has 2 bridgehead atoms. The van der Waals surface area contributed by atoms with Crippen LogP contribution < -0.4 is 5.56 Å². The van der Waals surface area contributed by atoms with Gasteiger partial charge < -0.3 is 19.5 Å². The summed E-state index contributed by atoms with van der Waals surface area (Å²) in [6.45, 7) is 6.95. The van der Waals surface area contributed by atoms with E-state index in [2.05, 4.69) is 9.97 Å². The Morgan fingerprint density at radius 2 is 2.18 bits per heavy atom. The quantitative estimate of drug-likeness (QED) is 0.733. The van der Waals surface area contributed by atoms with Crippen LogP contribution in [-0.2, 0) is 27.3 Å². The number of hydrogen-bond acceptors (Lipinski definition) is 5. The van der Waals surface area contributed by atoms with Gasteiger partial charge in [-0.15, -0.1) is 0 Å². The van der Waals surface area contributed by atoms with Crippen molar-refractivity contribution in [3.8, 4) is 0 Å². The van der Waals surface area contributed by atoms with Gasteiger partial charge >= 0.3 is 0 Å². The van der Waals surface area contributed by atoms with Gasteiger partial charge in [-0.05, 0) is 27.2 Å². The molecule has 0 saturated carbocycles. The van der Waals surface area contributed by atoms with E-state index in [1.807, 2.05) is 30.9 Å². The van der Waals surface area contributed by atoms with E-state index in [9.17, 15) is 14.4 Å². The zero-order valence-corrected chi connectivity index (χ0v) is 16.3. The highest BCUT2D eigenvalue weighted by Crippen LogP contribution is 2.52. The monoisotopic (exact) mass is 384 g/mol. The van der Waals surface area contributed by atoms with E-state index in [0.29, 0.717) is 43.1 Å². The third kappa shape index (κ3) is 2.27. The van der Waals surface area contributed by atoms with Gasteiger partial charge in [0.25, 0.3) is 5.56 Å². The van der Waals surface area contributed by atoms with Crippen LogP contribution in [0.4, 0.5) is 0 Å². The second-order valence-electron chi connectivity index (χ2n) is 8.55. The number of nitrogens with one attached hydrogen (secondary N) is 1. The van der Waals surface area contributed by atoms with Crippen molar-refractivity contribution in [3.63, 3.8) is 0 Å². The maximum absolute atomic E-state index is 13.5. The number of aromatic nitrogens is 2. The van der Waals surface area contributed by atoms with Crippen molar-refractivity contribution in [1.82, 2.24) is 19.8 Å². The van der Waals surface area contributed by atoms with Gasteiger partial charge in [-0.3, -0.25) is 14.4 Å². The molecular weight excluding hydrogens is 360 g/mol. The molecule has 1 N–H and O–H groups in total. The van der Waals surface area contributed by atoms with Crippen LogP contribution in [0.1, 0.15) is 30.9 Å². The molecule has 8 nitrogen and oxygen atoms in total. The van der Waals surface area contributed by atoms with Gasteiger partial charge in [0.1, 0.15) is 11.4 Å². The molecule has 0 aromatic carbocycles. The molecule has 2 saturated heterocycles. The number of amides is 2. The highest BCUT2D eigenvalue weighted by Gasteiger charge is 2.67. The first-order valence-electron chi connectivity index (χ1n) is 9.86. The highest BCUT2D eigenvalue weighted by atomic mass is 16.5. The summed E-state index contributed by atoms with van der Waals surface area (Å²) in [5.41, 5.74) is 0.500. The van der Waals surface area contributed by atoms with E-state index >= 15 is 0 Å². The van der Waals surface area contributed by atoms with Gasteiger partial charge in [0.2, 0.25) is 11.8 Å². The second kappa shape index (κ2) is 5.76. The lowest BCUT2D eigenvalue weighted by atomic mass is 9.76. The van der Waals surface area contributed by atoms with Gasteiger partial charge in [-0.2, -0.15) is 0 Å². The standard InChI is InChI=1S/C20H24N4O4/c1-10(2)24-9-20-6-4-14(28-20)15(16(20)19(24)27)18(26)23-7-5-12-13(8-23)21-11(3)22-17(12)25/h4,6,10,14-16H,5,7-9H2,1-3H3,(H,21,22,25)/t14-,15-,16-,20+/m0/s1. The van der Waals surface area contributed by atoms with Gasteiger partial charge in [-0.25, -0.2) is 4.98 Å². The van der Waals surface area contributed by atoms with E-state index in [-0.39, 0.29) is 29.5 Å². The summed E-state index contributed by atoms with van der Waals surface area (Å²) in [5, 5.41) is 0. The molecule has 4 aliphatic rings. The molecule has 1 aromatic heterocycles. The average Bonchev–Trinajstić information content (AvgIpc) is 3.28. The number of hydrogen-bond donors (Lipinski definition) is 1. The van der Waals surface area contributed by atoms with Crippen molar-refractivity contribution >= 4 is 11.8 Å². The summed E-state index contributed by atoms with van der Waals surface area (Å²) in [7, 11) is 0. The average molecular weight is 384 g/mol. The van der Waals surface area contributed by atoms with Crippen molar-refractivity contribution in [1.29, 1.82) is 0 Å². The van der Waals surface area contributed by atoms with Gasteiger partial charge in [0, 0.05) is 18.2 Å². The Hall–Kier alpha value is -2.48. The summed E-state index contributed by atoms with van der Waals surface area (Å²) in [5.74, 6) is -0.506. The fourth-order valence-electron chi connectivity index (χ4n) is 5.21. The third-order valence-electron chi connectivity index (χ3n) is 6.54. The lowest BCUT2D eigenvalue weighted by molar-refractivity contribution is -0.144. The van der Waals surface area contributed by atoms with Crippen LogP contribution in [0.3, 0.4) is 0 Å². The minimum atomic E-state index is -0.675. The zero-order chi connectivity index (χ0) is 19.8. The summed E-state index contributed by atoms with van der Waals surface area (Å²) in [6.07, 6.45) is 4.02. The molecule has 28 heavy (non-hydrogen) atoms. The molecule has 0 radical (unpaired) electrons. The molecule has 4 aliphatic heterocycles. The topological polar surface area (TPSA) is 95.6 Å². The van der Waals surface area contributed by atoms with E-state index < -0.39 is 17.4 Å². The number of carbonyl (C=O) groups is 2. The first-order valence-corrected chi connectivity index (χ1v) is 9.86. The van der Waals surface area contributed by atoms with Gasteiger partial charge in [-0.1, -0.05) is 12.2 Å². The normalized spacial score (nSPS) is 33.0. The number of carbonyl (C=O) groups excluding carboxylic acids is 2. The molecule has 8 heteroatoms. The molecule has 1 spiro atoms. The molecule has 4 atom stereocenters. The first-order chi connectivity index (χ1) is 13.3. The minimum Gasteiger partial charge on any atom is -0.360 e. The number of ether oxygens (including phenoxy) is 1. The lowest BCUT2D eigenvalue weighted by Gasteiger charge is -2.33. The highest BCUT2D eigenvalue weighted by molar-refractivity contribution is 5.93. The smallest absolute Gasteiger partial charge is 0.254 e. The van der Waals surface area contributed by atoms with E-state index in [1.54, 1.807) is 11.8 Å². The van der Waals surface area contributed by atoms with Gasteiger partial charge in [0.15, 0.2) is 0 Å². The second-order valence-corrected chi connectivity index (χ2v) is 8.55. The van der Waals surface area contributed by atoms with Crippen LogP contribution >= 0.6 is 0 Å². The van der Waals surface area contributed by atoms with E-state index in [4.69, 9.17) is 4.74 Å². The maximum atomic E-state index is 13.5. The Bertz CT molecular complexity index is 967. The molecular formula is C20H24N4O4. The summed E-state index contributed by atoms with van der Waals surface area (Å²) < 4.78 is 6.18. The molecule has 2 amide bonds. The largest absolute Gasteiger partial charge is 0.360 e. The summed E-state index contributed by atoms with van der Waals surface area (Å²) in [4.78, 5) is 49.4. The van der Waals surface area contributed by atoms with Crippen molar-refractivity contribution < 1.29 is 14.3 Å². The van der Waals surface area contributed by atoms with E-state index in [1.165, 1.54) is 0 Å². The molecule has 5 rings (SSSR count). The summed E-state index contributed by atoms with van der Waals surface area (Å²) in [6, 6.07) is 0.0695. The molecule has 1 aromatic rings. The molecule has 0 unspecified atom stereocenters. The van der Waals surface area contributed by atoms with Crippen LogP contribution in [0.2, 0.25) is 0 Å². The van der Waals surface area contributed by atoms with E-state index in [0.717, 1.165) is 0 Å². The lowest BCUT2D eigenvalue weighted by Crippen LogP contribution is -2.48. The number of aryl methyl sites for hydroxylation is 1. The van der Waals surface area contributed by atoms with Crippen LogP contribution in [0.5, 0.6) is 0 Å². The Labute approximate surface area is 162 Å². The number of rotatable bonds is 2. The Morgan fingerprint density at radius 1 is 1.39 bits per heavy atom. The Balaban J connectivity index is 1.44. The molecule has 148 valence electrons. The molecule has 0 aliphatic carbocycles. The molecule has 5 heterocycles. The van der Waals surface area contributed by atoms with Crippen LogP contribution in [0.15, 0.2) is 16.9 Å². The Kier molecular flexibility index (Phi) is 3.62. The number of aromatic amines is 1. The fraction of sp³-hybridized carbons (Fsp3) is 0.600. The number of fused-ring (bicyclic) bond motifs is 2. The maximum Gasteiger partial charge on any atom is 0.254 e. The predicted molar refractivity (Wildman–Crippen MR) is 99.3 cm³/mol. The van der Waals surface area contributed by atoms with Gasteiger partial charge in [0.05, 0.1) is 36.7 Å². The fourth-order valence-corrected chi connectivity index (χ4v) is 5.21. The predicted octanol–water partition coefficient (Wildman–Crippen LogP) is 0.153. The Morgan fingerprint density at radius 3 is 2.93 bits per heavy atom. The van der Waals surface area contributed by atoms with Crippen molar-refractivity contribution in [2.24, 2.45) is 11.8 Å². The van der Waals surface area contributed by atoms with Crippen molar-refractivity contribution in [3.05, 3.63) is 39.6 Å². The molecule has 2 fully saturated rings. The van der Waals surface area contributed by atoms with Crippen LogP contribution in [0, 0.1) is 18.8 Å². The number of H-pyrrole nitrogens is 1. The van der Waals surface area contributed by atoms with Crippen LogP contribution in [0.25, 0.3) is 0 Å². The number of likely N-dealkylation sites (tertiary alicyclic amines) is 1. The van der Waals surface area contributed by atoms with Crippen molar-refractivity contribution in [2.45, 2.75) is 51.5 Å². The van der Waals surface area contributed by atoms with Crippen LogP contribution in [-0.4, -0.2) is 62.4 Å². The van der Waals surface area contributed by atoms with Crippen molar-refractivity contribution in [2.75, 3.05) is 13.1 Å². The first kappa shape index (κ1) is 17.6. The third-order valence-corrected chi connectivity index (χ3v) is 6.54. The summed E-state index contributed by atoms with van der Waals surface area (Å²) >= 11 is 0.